The maximum Gasteiger partial charge on any atom is 0.490 e. The van der Waals surface area contributed by atoms with Crippen LogP contribution < -0.4 is 11.1 Å². The van der Waals surface area contributed by atoms with Gasteiger partial charge in [-0.3, -0.25) is 4.79 Å². The van der Waals surface area contributed by atoms with Crippen LogP contribution in [0.3, 0.4) is 0 Å². The number of halogens is 6. The first-order valence-electron chi connectivity index (χ1n) is 9.22. The molecule has 0 saturated heterocycles. The molecule has 2 aliphatic carbocycles. The van der Waals surface area contributed by atoms with E-state index in [0.29, 0.717) is 11.8 Å². The number of carbonyl (C=O) groups excluding carboxylic acids is 1. The van der Waals surface area contributed by atoms with Crippen molar-refractivity contribution >= 4 is 11.9 Å². The summed E-state index contributed by atoms with van der Waals surface area (Å²) < 4.78 is 71.0. The van der Waals surface area contributed by atoms with Gasteiger partial charge in [-0.25, -0.2) is 4.79 Å². The number of alkyl halides is 6. The number of nitrogens with zero attached hydrogens (tertiary/aromatic N) is 2. The second-order valence-corrected chi connectivity index (χ2v) is 7.72. The number of hydrogen-bond donors (Lipinski definition) is 3. The van der Waals surface area contributed by atoms with Crippen LogP contribution in [0.5, 0.6) is 0 Å². The van der Waals surface area contributed by atoms with Crippen molar-refractivity contribution in [3.8, 4) is 0 Å². The molecule has 1 heterocycles. The van der Waals surface area contributed by atoms with Crippen LogP contribution in [-0.2, 0) is 10.5 Å². The third kappa shape index (κ3) is 4.65. The summed E-state index contributed by atoms with van der Waals surface area (Å²) in [6.07, 6.45) is -6.96. The van der Waals surface area contributed by atoms with Gasteiger partial charge in [0.2, 0.25) is 0 Å². The van der Waals surface area contributed by atoms with Crippen molar-refractivity contribution in [3.63, 3.8) is 0 Å². The molecule has 4 atom stereocenters. The molecule has 0 aromatic heterocycles. The minimum atomic E-state index is -5.08. The Morgan fingerprint density at radius 2 is 1.71 bits per heavy atom. The number of carboxylic acid groups (broad SMARTS) is 1. The van der Waals surface area contributed by atoms with E-state index in [9.17, 15) is 31.1 Å². The van der Waals surface area contributed by atoms with Crippen molar-refractivity contribution in [1.29, 1.82) is 0 Å². The van der Waals surface area contributed by atoms with Crippen molar-refractivity contribution in [3.05, 3.63) is 35.4 Å². The zero-order valence-electron chi connectivity index (χ0n) is 15.7. The Balaban J connectivity index is 0.000000339. The summed E-state index contributed by atoms with van der Waals surface area (Å²) in [5.74, 6) is -2.10. The summed E-state index contributed by atoms with van der Waals surface area (Å²) in [6.45, 7) is 0. The van der Waals surface area contributed by atoms with Crippen LogP contribution in [-0.4, -0.2) is 41.4 Å². The lowest BCUT2D eigenvalue weighted by molar-refractivity contribution is -0.192. The lowest BCUT2D eigenvalue weighted by Crippen LogP contribution is -2.44. The first kappa shape index (κ1) is 23.0. The van der Waals surface area contributed by atoms with Crippen LogP contribution in [0, 0.1) is 11.8 Å². The van der Waals surface area contributed by atoms with Gasteiger partial charge in [0.15, 0.2) is 0 Å². The van der Waals surface area contributed by atoms with Gasteiger partial charge in [0, 0.05) is 23.2 Å². The molecular formula is C18H18F6N4O3. The maximum atomic E-state index is 13.1. The predicted octanol–water partition coefficient (Wildman–Crippen LogP) is 3.36. The van der Waals surface area contributed by atoms with E-state index in [1.54, 1.807) is 0 Å². The fourth-order valence-corrected chi connectivity index (χ4v) is 3.99. The molecule has 0 radical (unpaired) electrons. The molecule has 13 heteroatoms. The molecule has 3 aliphatic rings. The summed E-state index contributed by atoms with van der Waals surface area (Å²) in [4.78, 5) is 21.3. The van der Waals surface area contributed by atoms with Crippen molar-refractivity contribution in [2.24, 2.45) is 27.8 Å². The molecule has 0 spiro atoms. The summed E-state index contributed by atoms with van der Waals surface area (Å²) in [5, 5.41) is 16.4. The minimum Gasteiger partial charge on any atom is -0.475 e. The molecule has 31 heavy (non-hydrogen) atoms. The highest BCUT2D eigenvalue weighted by molar-refractivity contribution is 5.94. The van der Waals surface area contributed by atoms with Crippen molar-refractivity contribution in [2.75, 3.05) is 0 Å². The van der Waals surface area contributed by atoms with E-state index in [1.807, 2.05) is 0 Å². The first-order chi connectivity index (χ1) is 14.2. The van der Waals surface area contributed by atoms with E-state index in [-0.39, 0.29) is 29.1 Å². The molecule has 1 aliphatic heterocycles. The summed E-state index contributed by atoms with van der Waals surface area (Å²) in [7, 11) is 0. The number of nitrogens with one attached hydrogen (secondary N) is 1. The Hall–Kier alpha value is -2.70. The monoisotopic (exact) mass is 452 g/mol. The van der Waals surface area contributed by atoms with E-state index in [1.165, 1.54) is 24.3 Å². The number of fused-ring (bicyclic) bond motifs is 1. The van der Waals surface area contributed by atoms with Gasteiger partial charge in [0.1, 0.15) is 0 Å². The Kier molecular flexibility index (Phi) is 5.76. The highest BCUT2D eigenvalue weighted by atomic mass is 19.4. The predicted molar refractivity (Wildman–Crippen MR) is 92.8 cm³/mol. The first-order valence-corrected chi connectivity index (χ1v) is 9.22. The Labute approximate surface area is 171 Å². The fraction of sp³-hybridized carbons (Fsp3) is 0.556. The molecular weight excluding hydrogens is 434 g/mol. The molecule has 1 aromatic carbocycles. The zero-order valence-corrected chi connectivity index (χ0v) is 15.7. The Morgan fingerprint density at radius 3 is 2.16 bits per heavy atom. The van der Waals surface area contributed by atoms with Crippen LogP contribution in [0.2, 0.25) is 0 Å². The van der Waals surface area contributed by atoms with E-state index >= 15 is 0 Å². The molecule has 7 nitrogen and oxygen atoms in total. The van der Waals surface area contributed by atoms with E-state index in [4.69, 9.17) is 15.6 Å². The van der Waals surface area contributed by atoms with Crippen LogP contribution in [0.15, 0.2) is 34.5 Å². The topological polar surface area (TPSA) is 117 Å². The largest absolute Gasteiger partial charge is 0.490 e. The van der Waals surface area contributed by atoms with Gasteiger partial charge in [0.05, 0.1) is 0 Å². The standard InChI is InChI=1S/C16H17F3N4O.C2HF3O2/c17-16(18,19)15(22-23-15)10-3-1-2-8(4-10)14(24)21-11-5-9-6-13(20)12(9)7-11;3-2(4,5)1(6)7/h1-4,9,11-13H,5-7,20H2,(H,21,24);(H,6,7)/t9-,11+,12-,13+;/m0./s1. The Bertz CT molecular complexity index is 895. The van der Waals surface area contributed by atoms with E-state index in [2.05, 4.69) is 15.5 Å². The average molecular weight is 452 g/mol. The summed E-state index contributed by atoms with van der Waals surface area (Å²) in [5.41, 5.74) is 3.51. The summed E-state index contributed by atoms with van der Waals surface area (Å²) in [6, 6.07) is 5.69. The Morgan fingerprint density at radius 1 is 1.10 bits per heavy atom. The second kappa shape index (κ2) is 7.77. The van der Waals surface area contributed by atoms with Gasteiger partial charge in [0.25, 0.3) is 5.91 Å². The van der Waals surface area contributed by atoms with Gasteiger partial charge >= 0.3 is 24.0 Å². The number of hydrogen-bond acceptors (Lipinski definition) is 5. The molecule has 170 valence electrons. The van der Waals surface area contributed by atoms with Gasteiger partial charge in [-0.15, -0.1) is 10.2 Å². The molecule has 4 N–H and O–H groups in total. The zero-order chi connectivity index (χ0) is 23.2. The number of carbonyl (C=O) groups is 2. The summed E-state index contributed by atoms with van der Waals surface area (Å²) >= 11 is 0. The number of aliphatic carboxylic acids is 1. The maximum absolute atomic E-state index is 13.1. The molecule has 1 amide bonds. The molecule has 4 rings (SSSR count). The van der Waals surface area contributed by atoms with Gasteiger partial charge in [-0.1, -0.05) is 12.1 Å². The van der Waals surface area contributed by atoms with Crippen LogP contribution in [0.1, 0.15) is 35.2 Å². The lowest BCUT2D eigenvalue weighted by Gasteiger charge is -2.37. The van der Waals surface area contributed by atoms with Crippen LogP contribution in [0.4, 0.5) is 26.3 Å². The third-order valence-electron chi connectivity index (χ3n) is 5.67. The average Bonchev–Trinajstić information content (AvgIpc) is 3.42. The van der Waals surface area contributed by atoms with Crippen molar-refractivity contribution in [1.82, 2.24) is 5.32 Å². The normalized spacial score (nSPS) is 28.0. The number of rotatable bonds is 3. The fourth-order valence-electron chi connectivity index (χ4n) is 3.99. The van der Waals surface area contributed by atoms with Crippen molar-refractivity contribution < 1.29 is 41.0 Å². The molecule has 2 saturated carbocycles. The van der Waals surface area contributed by atoms with Gasteiger partial charge < -0.3 is 16.2 Å². The number of amides is 1. The second-order valence-electron chi connectivity index (χ2n) is 7.72. The molecule has 2 fully saturated rings. The minimum absolute atomic E-state index is 0.0385. The smallest absolute Gasteiger partial charge is 0.475 e. The SMILES string of the molecule is N[C@@H]1C[C@@H]2C[C@@H](NC(=O)c3cccc(C4(C(F)(F)F)N=N4)c3)C[C@@H]21.O=C(O)C(F)(F)F. The van der Waals surface area contributed by atoms with Gasteiger partial charge in [-0.05, 0) is 43.2 Å². The molecule has 0 bridgehead atoms. The van der Waals surface area contributed by atoms with Gasteiger partial charge in [-0.2, -0.15) is 26.3 Å². The molecule has 1 aromatic rings. The van der Waals surface area contributed by atoms with Crippen LogP contribution in [0.25, 0.3) is 0 Å². The highest BCUT2D eigenvalue weighted by Gasteiger charge is 2.65. The van der Waals surface area contributed by atoms with Crippen molar-refractivity contribution in [2.45, 2.75) is 49.4 Å². The number of nitrogens with two attached hydrogens (primary N) is 1. The van der Waals surface area contributed by atoms with E-state index < -0.39 is 24.0 Å². The number of benzene rings is 1. The van der Waals surface area contributed by atoms with Crippen LogP contribution >= 0.6 is 0 Å². The highest BCUT2D eigenvalue weighted by Crippen LogP contribution is 2.52. The lowest BCUT2D eigenvalue weighted by atomic mass is 9.72. The van der Waals surface area contributed by atoms with E-state index in [0.717, 1.165) is 19.3 Å². The molecule has 0 unspecified atom stereocenters. The third-order valence-corrected chi connectivity index (χ3v) is 5.67. The number of carboxylic acids is 1. The quantitative estimate of drug-likeness (QED) is 0.610.